The molecule has 5 nitrogen and oxygen atoms in total. The van der Waals surface area contributed by atoms with Crippen LogP contribution in [0, 0.1) is 0 Å². The molecule has 3 N–H and O–H groups in total. The molecule has 2 atom stereocenters. The van der Waals surface area contributed by atoms with E-state index >= 15 is 0 Å². The zero-order chi connectivity index (χ0) is 15.3. The van der Waals surface area contributed by atoms with E-state index in [4.69, 9.17) is 10.5 Å². The average molecular weight is 330 g/mol. The highest BCUT2D eigenvalue weighted by molar-refractivity contribution is 8.00. The summed E-state index contributed by atoms with van der Waals surface area (Å²) in [6.45, 7) is 0. The molecule has 21 heavy (non-hydrogen) atoms. The van der Waals surface area contributed by atoms with Gasteiger partial charge in [0.05, 0.1) is 11.9 Å². The van der Waals surface area contributed by atoms with Crippen LogP contribution in [0.2, 0.25) is 0 Å². The first-order chi connectivity index (χ1) is 10.00. The van der Waals surface area contributed by atoms with Gasteiger partial charge < -0.3 is 10.5 Å². The molecule has 118 valence electrons. The maximum atomic E-state index is 12.1. The zero-order valence-corrected chi connectivity index (χ0v) is 13.8. The number of anilines is 1. The van der Waals surface area contributed by atoms with E-state index in [-0.39, 0.29) is 17.9 Å². The van der Waals surface area contributed by atoms with Gasteiger partial charge in [-0.25, -0.2) is 13.1 Å². The van der Waals surface area contributed by atoms with Crippen molar-refractivity contribution in [1.82, 2.24) is 4.72 Å². The Labute approximate surface area is 130 Å². The van der Waals surface area contributed by atoms with E-state index in [2.05, 4.69) is 4.72 Å². The third-order valence-corrected chi connectivity index (χ3v) is 6.22. The average Bonchev–Trinajstić information content (AvgIpc) is 2.85. The van der Waals surface area contributed by atoms with Crippen LogP contribution in [-0.2, 0) is 14.8 Å². The van der Waals surface area contributed by atoms with E-state index < -0.39 is 10.0 Å². The van der Waals surface area contributed by atoms with Crippen molar-refractivity contribution >= 4 is 27.5 Å². The lowest BCUT2D eigenvalue weighted by atomic mass is 10.2. The van der Waals surface area contributed by atoms with Gasteiger partial charge in [-0.3, -0.25) is 0 Å². The minimum atomic E-state index is -3.27. The summed E-state index contributed by atoms with van der Waals surface area (Å²) in [6.07, 6.45) is 2.77. The highest BCUT2D eigenvalue weighted by Crippen LogP contribution is 2.23. The second kappa shape index (κ2) is 7.49. The molecule has 1 aliphatic rings. The summed E-state index contributed by atoms with van der Waals surface area (Å²) in [7, 11) is -1.64. The van der Waals surface area contributed by atoms with Gasteiger partial charge in [0.1, 0.15) is 0 Å². The van der Waals surface area contributed by atoms with Crippen LogP contribution in [0.3, 0.4) is 0 Å². The van der Waals surface area contributed by atoms with Gasteiger partial charge in [-0.2, -0.15) is 0 Å². The Bertz CT molecular complexity index is 563. The maximum absolute atomic E-state index is 12.1. The Morgan fingerprint density at radius 3 is 2.95 bits per heavy atom. The van der Waals surface area contributed by atoms with E-state index in [1.807, 2.05) is 24.3 Å². The summed E-state index contributed by atoms with van der Waals surface area (Å²) in [5.41, 5.74) is 6.39. The van der Waals surface area contributed by atoms with Crippen molar-refractivity contribution in [2.75, 3.05) is 24.3 Å². The Kier molecular flexibility index (Phi) is 5.92. The smallest absolute Gasteiger partial charge is 0.212 e. The third-order valence-electron chi connectivity index (χ3n) is 3.57. The number of methoxy groups -OCH3 is 1. The van der Waals surface area contributed by atoms with E-state index in [0.29, 0.717) is 11.4 Å². The van der Waals surface area contributed by atoms with Crippen molar-refractivity contribution in [1.29, 1.82) is 0 Å². The van der Waals surface area contributed by atoms with Crippen LogP contribution < -0.4 is 10.5 Å². The molecular formula is C14H22N2O3S2. The highest BCUT2D eigenvalue weighted by atomic mass is 32.2. The van der Waals surface area contributed by atoms with Gasteiger partial charge in [0.25, 0.3) is 0 Å². The van der Waals surface area contributed by atoms with Gasteiger partial charge in [0.2, 0.25) is 10.0 Å². The van der Waals surface area contributed by atoms with Crippen LogP contribution in [0.15, 0.2) is 29.2 Å². The quantitative estimate of drug-likeness (QED) is 0.589. The van der Waals surface area contributed by atoms with Crippen LogP contribution in [-0.4, -0.2) is 39.2 Å². The molecule has 0 spiro atoms. The van der Waals surface area contributed by atoms with E-state index in [0.717, 1.165) is 24.2 Å². The van der Waals surface area contributed by atoms with Crippen molar-refractivity contribution in [3.8, 4) is 0 Å². The fourth-order valence-corrected chi connectivity index (χ4v) is 5.20. The number of benzene rings is 1. The predicted molar refractivity (Wildman–Crippen MR) is 86.9 cm³/mol. The topological polar surface area (TPSA) is 81.4 Å². The normalized spacial score (nSPS) is 22.5. The number of hydrogen-bond donors (Lipinski definition) is 2. The molecule has 1 fully saturated rings. The number of nitrogens with one attached hydrogen (secondary N) is 1. The van der Waals surface area contributed by atoms with Crippen LogP contribution in [0.4, 0.5) is 5.69 Å². The van der Waals surface area contributed by atoms with Crippen LogP contribution in [0.5, 0.6) is 0 Å². The Morgan fingerprint density at radius 2 is 2.24 bits per heavy atom. The van der Waals surface area contributed by atoms with Gasteiger partial charge in [-0.05, 0) is 37.5 Å². The van der Waals surface area contributed by atoms with E-state index in [1.54, 1.807) is 7.11 Å². The van der Waals surface area contributed by atoms with Gasteiger partial charge >= 0.3 is 0 Å². The molecule has 0 aromatic heterocycles. The minimum absolute atomic E-state index is 0.00125. The summed E-state index contributed by atoms with van der Waals surface area (Å²) in [5.74, 6) is 0.600. The van der Waals surface area contributed by atoms with Gasteiger partial charge in [-0.1, -0.05) is 6.07 Å². The Morgan fingerprint density at radius 1 is 1.43 bits per heavy atom. The molecule has 0 saturated heterocycles. The number of sulfonamides is 1. The van der Waals surface area contributed by atoms with Crippen molar-refractivity contribution in [2.24, 2.45) is 0 Å². The number of rotatable bonds is 7. The molecule has 1 aromatic carbocycles. The van der Waals surface area contributed by atoms with Crippen LogP contribution >= 0.6 is 11.8 Å². The lowest BCUT2D eigenvalue weighted by Crippen LogP contribution is -2.42. The summed E-state index contributed by atoms with van der Waals surface area (Å²) in [4.78, 5) is 0.987. The lowest BCUT2D eigenvalue weighted by Gasteiger charge is -2.19. The predicted octanol–water partition coefficient (Wildman–Crippen LogP) is 1.85. The van der Waals surface area contributed by atoms with Crippen LogP contribution in [0.25, 0.3) is 0 Å². The third kappa shape index (κ3) is 5.18. The fraction of sp³-hybridized carbons (Fsp3) is 0.571. The largest absolute Gasteiger partial charge is 0.399 e. The summed E-state index contributed by atoms with van der Waals surface area (Å²) >= 11 is 1.50. The zero-order valence-electron chi connectivity index (χ0n) is 12.1. The number of nitrogen functional groups attached to an aromatic ring is 1. The van der Waals surface area contributed by atoms with E-state index in [9.17, 15) is 8.42 Å². The minimum Gasteiger partial charge on any atom is -0.399 e. The standard InChI is InChI=1S/C14H22N2O3S2/c1-19-14-7-3-6-13(14)16-21(17,18)9-8-20-12-5-2-4-11(15)10-12/h2,4-5,10,13-14,16H,3,6-9,15H2,1H3. The molecule has 0 bridgehead atoms. The molecule has 2 rings (SSSR count). The first-order valence-electron chi connectivity index (χ1n) is 7.01. The van der Waals surface area contributed by atoms with Crippen LogP contribution in [0.1, 0.15) is 19.3 Å². The molecule has 0 aliphatic heterocycles. The first kappa shape index (κ1) is 16.6. The fourth-order valence-electron chi connectivity index (χ4n) is 2.51. The molecule has 0 heterocycles. The summed E-state index contributed by atoms with van der Waals surface area (Å²) < 4.78 is 32.3. The summed E-state index contributed by atoms with van der Waals surface area (Å²) in [5, 5.41) is 0. The molecule has 1 aliphatic carbocycles. The van der Waals surface area contributed by atoms with E-state index in [1.165, 1.54) is 11.8 Å². The van der Waals surface area contributed by atoms with Gasteiger partial charge in [0.15, 0.2) is 0 Å². The maximum Gasteiger partial charge on any atom is 0.212 e. The highest BCUT2D eigenvalue weighted by Gasteiger charge is 2.30. The molecule has 7 heteroatoms. The second-order valence-corrected chi connectivity index (χ2v) is 8.21. The lowest BCUT2D eigenvalue weighted by molar-refractivity contribution is 0.0916. The second-order valence-electron chi connectivity index (χ2n) is 5.17. The van der Waals surface area contributed by atoms with Gasteiger partial charge in [0, 0.05) is 29.5 Å². The molecule has 1 saturated carbocycles. The molecule has 0 amide bonds. The molecule has 2 unspecified atom stereocenters. The monoisotopic (exact) mass is 330 g/mol. The molecule has 0 radical (unpaired) electrons. The van der Waals surface area contributed by atoms with Crippen molar-refractivity contribution in [3.05, 3.63) is 24.3 Å². The number of hydrogen-bond acceptors (Lipinski definition) is 5. The van der Waals surface area contributed by atoms with Crippen molar-refractivity contribution in [2.45, 2.75) is 36.3 Å². The van der Waals surface area contributed by atoms with Crippen molar-refractivity contribution in [3.63, 3.8) is 0 Å². The first-order valence-corrected chi connectivity index (χ1v) is 9.65. The van der Waals surface area contributed by atoms with Gasteiger partial charge in [-0.15, -0.1) is 11.8 Å². The number of thioether (sulfide) groups is 1. The Balaban J connectivity index is 1.81. The summed E-state index contributed by atoms with van der Waals surface area (Å²) in [6, 6.07) is 7.37. The number of nitrogens with two attached hydrogens (primary N) is 1. The molecular weight excluding hydrogens is 308 g/mol. The Hall–Kier alpha value is -0.760. The van der Waals surface area contributed by atoms with Crippen molar-refractivity contribution < 1.29 is 13.2 Å². The molecule has 1 aromatic rings. The SMILES string of the molecule is COC1CCCC1NS(=O)(=O)CCSc1cccc(N)c1. The number of ether oxygens (including phenoxy) is 1.